The van der Waals surface area contributed by atoms with E-state index in [1.807, 2.05) is 6.92 Å². The van der Waals surface area contributed by atoms with Gasteiger partial charge in [0.25, 0.3) is 5.91 Å². The third-order valence-electron chi connectivity index (χ3n) is 7.24. The standard InChI is InChI=1S/C22H31N3O3/c1-4-17-19(13(3)26)12(2)23-20(17)21(28)25-24-18(27)11-22-8-14-5-15(9-22)7-16(6-14)10-22/h14-16,23H,4-11H2,1-3H3,(H,24,27)(H,25,28). The summed E-state index contributed by atoms with van der Waals surface area (Å²) in [7, 11) is 0. The highest BCUT2D eigenvalue weighted by atomic mass is 16.2. The zero-order chi connectivity index (χ0) is 20.1. The fourth-order valence-electron chi connectivity index (χ4n) is 6.78. The van der Waals surface area contributed by atoms with Crippen LogP contribution in [0.5, 0.6) is 0 Å². The molecule has 4 saturated carbocycles. The molecule has 0 aliphatic heterocycles. The third-order valence-corrected chi connectivity index (χ3v) is 7.24. The van der Waals surface area contributed by atoms with Gasteiger partial charge in [0.1, 0.15) is 5.69 Å². The number of carbonyl (C=O) groups is 3. The molecule has 0 saturated heterocycles. The lowest BCUT2D eigenvalue weighted by Gasteiger charge is -2.56. The topological polar surface area (TPSA) is 91.1 Å². The summed E-state index contributed by atoms with van der Waals surface area (Å²) in [6.45, 7) is 5.21. The maximum absolute atomic E-state index is 12.6. The van der Waals surface area contributed by atoms with Crippen molar-refractivity contribution in [3.05, 3.63) is 22.5 Å². The van der Waals surface area contributed by atoms with Crippen LogP contribution in [-0.2, 0) is 11.2 Å². The Morgan fingerprint density at radius 2 is 1.61 bits per heavy atom. The van der Waals surface area contributed by atoms with Gasteiger partial charge in [-0.1, -0.05) is 6.92 Å². The van der Waals surface area contributed by atoms with E-state index in [-0.39, 0.29) is 17.1 Å². The Kier molecular flexibility index (Phi) is 4.84. The first-order valence-corrected chi connectivity index (χ1v) is 10.6. The molecular formula is C22H31N3O3. The maximum atomic E-state index is 12.6. The number of aromatic nitrogens is 1. The second kappa shape index (κ2) is 7.05. The lowest BCUT2D eigenvalue weighted by atomic mass is 9.49. The first kappa shape index (κ1) is 19.2. The van der Waals surface area contributed by atoms with E-state index < -0.39 is 5.91 Å². The molecule has 5 rings (SSSR count). The van der Waals surface area contributed by atoms with Crippen molar-refractivity contribution in [2.45, 2.75) is 72.1 Å². The van der Waals surface area contributed by atoms with Crippen LogP contribution in [0.4, 0.5) is 0 Å². The molecule has 0 aromatic carbocycles. The smallest absolute Gasteiger partial charge is 0.286 e. The molecule has 28 heavy (non-hydrogen) atoms. The lowest BCUT2D eigenvalue weighted by Crippen LogP contribution is -2.50. The Labute approximate surface area is 166 Å². The fourth-order valence-corrected chi connectivity index (χ4v) is 6.78. The predicted molar refractivity (Wildman–Crippen MR) is 106 cm³/mol. The summed E-state index contributed by atoms with van der Waals surface area (Å²) in [5.74, 6) is 1.83. The minimum Gasteiger partial charge on any atom is -0.354 e. The normalized spacial score (nSPS) is 30.3. The van der Waals surface area contributed by atoms with E-state index in [9.17, 15) is 14.4 Å². The van der Waals surface area contributed by atoms with Crippen molar-refractivity contribution in [2.24, 2.45) is 23.2 Å². The largest absolute Gasteiger partial charge is 0.354 e. The summed E-state index contributed by atoms with van der Waals surface area (Å²) in [4.78, 5) is 40.1. The molecule has 4 fully saturated rings. The highest BCUT2D eigenvalue weighted by Gasteiger charge is 2.51. The molecule has 0 unspecified atom stereocenters. The van der Waals surface area contributed by atoms with Gasteiger partial charge in [-0.3, -0.25) is 25.2 Å². The predicted octanol–water partition coefficient (Wildman–Crippen LogP) is 3.46. The molecule has 0 spiro atoms. The Hall–Kier alpha value is -2.11. The monoisotopic (exact) mass is 385 g/mol. The molecule has 6 heteroatoms. The molecule has 4 bridgehead atoms. The van der Waals surface area contributed by atoms with Crippen molar-refractivity contribution in [1.29, 1.82) is 0 Å². The van der Waals surface area contributed by atoms with Crippen molar-refractivity contribution in [2.75, 3.05) is 0 Å². The zero-order valence-corrected chi connectivity index (χ0v) is 17.1. The number of nitrogens with one attached hydrogen (secondary N) is 3. The van der Waals surface area contributed by atoms with Gasteiger partial charge in [0.15, 0.2) is 5.78 Å². The Bertz CT molecular complexity index is 788. The average molecular weight is 386 g/mol. The number of hydrazine groups is 1. The minimum absolute atomic E-state index is 0.0597. The number of hydrogen-bond acceptors (Lipinski definition) is 3. The molecule has 4 aliphatic rings. The van der Waals surface area contributed by atoms with Crippen molar-refractivity contribution >= 4 is 17.6 Å². The molecule has 0 atom stereocenters. The van der Waals surface area contributed by atoms with Crippen LogP contribution in [0.2, 0.25) is 0 Å². The second-order valence-corrected chi connectivity index (χ2v) is 9.48. The number of rotatable bonds is 5. The summed E-state index contributed by atoms with van der Waals surface area (Å²) in [6, 6.07) is 0. The van der Waals surface area contributed by atoms with Gasteiger partial charge in [0.05, 0.1) is 0 Å². The second-order valence-electron chi connectivity index (χ2n) is 9.48. The average Bonchev–Trinajstić information content (AvgIpc) is 2.94. The van der Waals surface area contributed by atoms with Crippen LogP contribution in [0.15, 0.2) is 0 Å². The van der Waals surface area contributed by atoms with Gasteiger partial charge >= 0.3 is 0 Å². The minimum atomic E-state index is -0.397. The summed E-state index contributed by atoms with van der Waals surface area (Å²) >= 11 is 0. The zero-order valence-electron chi connectivity index (χ0n) is 17.1. The third kappa shape index (κ3) is 3.38. The van der Waals surface area contributed by atoms with Crippen LogP contribution >= 0.6 is 0 Å². The number of carbonyl (C=O) groups excluding carboxylic acids is 3. The van der Waals surface area contributed by atoms with Gasteiger partial charge in [-0.05, 0) is 87.5 Å². The van der Waals surface area contributed by atoms with E-state index in [2.05, 4.69) is 15.8 Å². The van der Waals surface area contributed by atoms with Gasteiger partial charge in [-0.25, -0.2) is 0 Å². The van der Waals surface area contributed by atoms with Crippen molar-refractivity contribution in [1.82, 2.24) is 15.8 Å². The number of aromatic amines is 1. The number of Topliss-reactive ketones (excluding diaryl/α,β-unsaturated/α-hetero) is 1. The summed E-state index contributed by atoms with van der Waals surface area (Å²) in [5.41, 5.74) is 7.65. The van der Waals surface area contributed by atoms with Gasteiger partial charge in [0, 0.05) is 17.7 Å². The highest BCUT2D eigenvalue weighted by Crippen LogP contribution is 2.61. The SMILES string of the molecule is CCc1c(C(=O)NNC(=O)CC23CC4CC(CC(C4)C2)C3)[nH]c(C)c1C(C)=O. The fraction of sp³-hybridized carbons (Fsp3) is 0.682. The quantitative estimate of drug-likeness (QED) is 0.535. The van der Waals surface area contributed by atoms with Crippen LogP contribution < -0.4 is 10.9 Å². The van der Waals surface area contributed by atoms with Gasteiger partial charge in [-0.2, -0.15) is 0 Å². The van der Waals surface area contributed by atoms with Crippen molar-refractivity contribution in [3.63, 3.8) is 0 Å². The Balaban J connectivity index is 1.38. The Morgan fingerprint density at radius 1 is 1.04 bits per heavy atom. The Morgan fingerprint density at radius 3 is 2.11 bits per heavy atom. The molecule has 1 aromatic rings. The van der Waals surface area contributed by atoms with Crippen LogP contribution in [0.25, 0.3) is 0 Å². The molecule has 0 radical (unpaired) electrons. The van der Waals surface area contributed by atoms with E-state index in [4.69, 9.17) is 0 Å². The molecule has 1 aromatic heterocycles. The number of hydrogen-bond donors (Lipinski definition) is 3. The molecular weight excluding hydrogens is 354 g/mol. The number of ketones is 1. The summed E-state index contributed by atoms with van der Waals surface area (Å²) in [6.07, 6.45) is 8.61. The van der Waals surface area contributed by atoms with Crippen LogP contribution in [-0.4, -0.2) is 22.6 Å². The highest BCUT2D eigenvalue weighted by molar-refractivity contribution is 6.03. The van der Waals surface area contributed by atoms with Gasteiger partial charge in [-0.15, -0.1) is 0 Å². The van der Waals surface area contributed by atoms with Crippen LogP contribution in [0.3, 0.4) is 0 Å². The first-order valence-electron chi connectivity index (χ1n) is 10.6. The number of aryl methyl sites for hydroxylation is 1. The summed E-state index contributed by atoms with van der Waals surface area (Å²) < 4.78 is 0. The molecule has 2 amide bonds. The first-order chi connectivity index (χ1) is 13.3. The molecule has 6 nitrogen and oxygen atoms in total. The van der Waals surface area contributed by atoms with Gasteiger partial charge in [0.2, 0.25) is 5.91 Å². The molecule has 152 valence electrons. The number of H-pyrrole nitrogens is 1. The van der Waals surface area contributed by atoms with Crippen LogP contribution in [0.1, 0.15) is 90.9 Å². The van der Waals surface area contributed by atoms with E-state index in [1.165, 1.54) is 45.4 Å². The lowest BCUT2D eigenvalue weighted by molar-refractivity contribution is -0.130. The van der Waals surface area contributed by atoms with Gasteiger partial charge < -0.3 is 4.98 Å². The summed E-state index contributed by atoms with van der Waals surface area (Å²) in [5, 5.41) is 0. The molecule has 1 heterocycles. The van der Waals surface area contributed by atoms with Crippen molar-refractivity contribution < 1.29 is 14.4 Å². The maximum Gasteiger partial charge on any atom is 0.286 e. The van der Waals surface area contributed by atoms with E-state index in [0.717, 1.165) is 17.8 Å². The molecule has 4 aliphatic carbocycles. The number of amides is 2. The van der Waals surface area contributed by atoms with E-state index in [1.54, 1.807) is 6.92 Å². The van der Waals surface area contributed by atoms with Crippen molar-refractivity contribution in [3.8, 4) is 0 Å². The van der Waals surface area contributed by atoms with E-state index >= 15 is 0 Å². The van der Waals surface area contributed by atoms with Crippen LogP contribution in [0, 0.1) is 30.1 Å². The molecule has 3 N–H and O–H groups in total. The van der Waals surface area contributed by atoms with E-state index in [0.29, 0.717) is 35.4 Å².